The van der Waals surface area contributed by atoms with E-state index >= 15 is 0 Å². The number of hydrogen-bond donors (Lipinski definition) is 3. The van der Waals surface area contributed by atoms with Crippen molar-refractivity contribution in [3.63, 3.8) is 0 Å². The average molecular weight is 222 g/mol. The molecule has 0 aliphatic carbocycles. The minimum Gasteiger partial charge on any atom is -0.389 e. The minimum absolute atomic E-state index is 0.0397. The Kier molecular flexibility index (Phi) is 4.95. The van der Waals surface area contributed by atoms with Gasteiger partial charge < -0.3 is 16.2 Å². The van der Waals surface area contributed by atoms with Crippen molar-refractivity contribution in [2.24, 2.45) is 5.73 Å². The molecule has 1 atom stereocenters. The van der Waals surface area contributed by atoms with Gasteiger partial charge >= 0.3 is 0 Å². The molecule has 1 aromatic rings. The van der Waals surface area contributed by atoms with Crippen molar-refractivity contribution in [1.29, 1.82) is 0 Å². The van der Waals surface area contributed by atoms with Gasteiger partial charge in [-0.05, 0) is 18.1 Å². The third-order valence-electron chi connectivity index (χ3n) is 2.32. The van der Waals surface area contributed by atoms with Gasteiger partial charge in [0.1, 0.15) is 0 Å². The summed E-state index contributed by atoms with van der Waals surface area (Å²) in [5, 5.41) is 12.1. The lowest BCUT2D eigenvalue weighted by atomic mass is 10.1. The number of aliphatic hydroxyl groups is 1. The summed E-state index contributed by atoms with van der Waals surface area (Å²) in [5.74, 6) is -0.0397. The van der Waals surface area contributed by atoms with Crippen molar-refractivity contribution >= 4 is 5.91 Å². The first kappa shape index (κ1) is 12.7. The average Bonchev–Trinajstić information content (AvgIpc) is 2.27. The Balaban J connectivity index is 2.46. The van der Waals surface area contributed by atoms with E-state index < -0.39 is 6.10 Å². The summed E-state index contributed by atoms with van der Waals surface area (Å²) in [7, 11) is 0. The minimum atomic E-state index is -0.458. The summed E-state index contributed by atoms with van der Waals surface area (Å²) in [5.41, 5.74) is 7.14. The highest BCUT2D eigenvalue weighted by Gasteiger charge is 2.02. The molecule has 4 N–H and O–H groups in total. The van der Waals surface area contributed by atoms with Crippen LogP contribution in [-0.2, 0) is 11.3 Å². The number of nitrogens with one attached hydrogen (secondary N) is 1. The third-order valence-corrected chi connectivity index (χ3v) is 2.32. The highest BCUT2D eigenvalue weighted by atomic mass is 16.3. The number of benzene rings is 1. The summed E-state index contributed by atoms with van der Waals surface area (Å²) >= 11 is 0. The first-order valence-electron chi connectivity index (χ1n) is 5.37. The van der Waals surface area contributed by atoms with Crippen LogP contribution in [-0.4, -0.2) is 17.6 Å². The lowest BCUT2D eigenvalue weighted by Gasteiger charge is -2.07. The number of carbonyl (C=O) groups is 1. The Morgan fingerprint density at radius 1 is 1.44 bits per heavy atom. The van der Waals surface area contributed by atoms with Crippen LogP contribution in [0.2, 0.25) is 0 Å². The van der Waals surface area contributed by atoms with E-state index in [1.807, 2.05) is 24.3 Å². The summed E-state index contributed by atoms with van der Waals surface area (Å²) in [6, 6.07) is 7.50. The van der Waals surface area contributed by atoms with Gasteiger partial charge in [-0.2, -0.15) is 0 Å². The van der Waals surface area contributed by atoms with Gasteiger partial charge in [-0.15, -0.1) is 0 Å². The molecule has 0 radical (unpaired) electrons. The molecule has 1 unspecified atom stereocenters. The smallest absolute Gasteiger partial charge is 0.221 e. The van der Waals surface area contributed by atoms with Gasteiger partial charge in [-0.1, -0.05) is 24.3 Å². The Morgan fingerprint density at radius 3 is 2.56 bits per heavy atom. The molecular weight excluding hydrogens is 204 g/mol. The van der Waals surface area contributed by atoms with E-state index in [1.165, 1.54) is 0 Å². The lowest BCUT2D eigenvalue weighted by molar-refractivity contribution is -0.121. The normalized spacial score (nSPS) is 12.2. The van der Waals surface area contributed by atoms with Crippen LogP contribution in [0.15, 0.2) is 24.3 Å². The maximum Gasteiger partial charge on any atom is 0.221 e. The molecule has 0 spiro atoms. The molecule has 1 amide bonds. The molecule has 1 aromatic carbocycles. The number of aliphatic hydroxyl groups excluding tert-OH is 1. The fourth-order valence-corrected chi connectivity index (χ4v) is 1.33. The van der Waals surface area contributed by atoms with Crippen LogP contribution >= 0.6 is 0 Å². The second-order valence-electron chi connectivity index (χ2n) is 3.73. The standard InChI is InChI=1S/C12H18N2O2/c1-9(15)11-4-2-10(3-5-11)8-14-12(16)6-7-13/h2-5,9,15H,6-8,13H2,1H3,(H,14,16). The topological polar surface area (TPSA) is 75.3 Å². The van der Waals surface area contributed by atoms with Crippen LogP contribution in [0.25, 0.3) is 0 Å². The van der Waals surface area contributed by atoms with Crippen molar-refractivity contribution in [3.8, 4) is 0 Å². The van der Waals surface area contributed by atoms with Gasteiger partial charge in [-0.25, -0.2) is 0 Å². The zero-order valence-electron chi connectivity index (χ0n) is 9.44. The van der Waals surface area contributed by atoms with Gasteiger partial charge in [0.15, 0.2) is 0 Å². The highest BCUT2D eigenvalue weighted by molar-refractivity contribution is 5.76. The zero-order chi connectivity index (χ0) is 12.0. The highest BCUT2D eigenvalue weighted by Crippen LogP contribution is 2.12. The molecule has 0 heterocycles. The summed E-state index contributed by atoms with van der Waals surface area (Å²) in [4.78, 5) is 11.2. The van der Waals surface area contributed by atoms with E-state index in [-0.39, 0.29) is 5.91 Å². The van der Waals surface area contributed by atoms with E-state index in [4.69, 9.17) is 5.73 Å². The van der Waals surface area contributed by atoms with Gasteiger partial charge in [0.25, 0.3) is 0 Å². The van der Waals surface area contributed by atoms with Crippen LogP contribution < -0.4 is 11.1 Å². The number of nitrogens with two attached hydrogens (primary N) is 1. The fraction of sp³-hybridized carbons (Fsp3) is 0.417. The molecule has 0 aliphatic heterocycles. The van der Waals surface area contributed by atoms with Crippen molar-refractivity contribution in [3.05, 3.63) is 35.4 Å². The number of amides is 1. The van der Waals surface area contributed by atoms with Crippen molar-refractivity contribution in [1.82, 2.24) is 5.32 Å². The lowest BCUT2D eigenvalue weighted by Crippen LogP contribution is -2.24. The van der Waals surface area contributed by atoms with Crippen LogP contribution in [0.4, 0.5) is 0 Å². The predicted molar refractivity (Wildman–Crippen MR) is 62.6 cm³/mol. The third kappa shape index (κ3) is 4.00. The maximum atomic E-state index is 11.2. The second kappa shape index (κ2) is 6.25. The summed E-state index contributed by atoms with van der Waals surface area (Å²) in [6.07, 6.45) is -0.105. The first-order valence-corrected chi connectivity index (χ1v) is 5.37. The summed E-state index contributed by atoms with van der Waals surface area (Å²) < 4.78 is 0. The first-order chi connectivity index (χ1) is 7.63. The van der Waals surface area contributed by atoms with E-state index in [0.717, 1.165) is 11.1 Å². The molecule has 0 saturated heterocycles. The molecular formula is C12H18N2O2. The van der Waals surface area contributed by atoms with Crippen molar-refractivity contribution in [2.45, 2.75) is 26.0 Å². The van der Waals surface area contributed by atoms with E-state index in [1.54, 1.807) is 6.92 Å². The van der Waals surface area contributed by atoms with Crippen LogP contribution in [0.1, 0.15) is 30.6 Å². The van der Waals surface area contributed by atoms with Crippen LogP contribution in [0.3, 0.4) is 0 Å². The quantitative estimate of drug-likeness (QED) is 0.686. The Morgan fingerprint density at radius 2 is 2.06 bits per heavy atom. The Bertz CT molecular complexity index is 333. The fourth-order valence-electron chi connectivity index (χ4n) is 1.33. The molecule has 4 nitrogen and oxygen atoms in total. The van der Waals surface area contributed by atoms with Gasteiger partial charge in [-0.3, -0.25) is 4.79 Å². The van der Waals surface area contributed by atoms with Crippen molar-refractivity contribution < 1.29 is 9.90 Å². The molecule has 88 valence electrons. The predicted octanol–water partition coefficient (Wildman–Crippen LogP) is 0.705. The number of hydrogen-bond acceptors (Lipinski definition) is 3. The van der Waals surface area contributed by atoms with Gasteiger partial charge in [0.2, 0.25) is 5.91 Å². The maximum absolute atomic E-state index is 11.2. The van der Waals surface area contributed by atoms with Gasteiger partial charge in [0.05, 0.1) is 6.10 Å². The summed E-state index contributed by atoms with van der Waals surface area (Å²) in [6.45, 7) is 2.59. The van der Waals surface area contributed by atoms with E-state index in [0.29, 0.717) is 19.5 Å². The molecule has 0 aromatic heterocycles. The number of carbonyl (C=O) groups excluding carboxylic acids is 1. The van der Waals surface area contributed by atoms with Gasteiger partial charge in [0, 0.05) is 19.5 Å². The second-order valence-corrected chi connectivity index (χ2v) is 3.73. The van der Waals surface area contributed by atoms with Crippen LogP contribution in [0, 0.1) is 0 Å². The molecule has 0 saturated carbocycles. The molecule has 16 heavy (non-hydrogen) atoms. The molecule has 0 fully saturated rings. The Hall–Kier alpha value is -1.39. The van der Waals surface area contributed by atoms with Crippen LogP contribution in [0.5, 0.6) is 0 Å². The zero-order valence-corrected chi connectivity index (χ0v) is 9.44. The molecule has 4 heteroatoms. The molecule has 0 aliphatic rings. The monoisotopic (exact) mass is 222 g/mol. The van der Waals surface area contributed by atoms with E-state index in [2.05, 4.69) is 5.32 Å². The van der Waals surface area contributed by atoms with Crippen molar-refractivity contribution in [2.75, 3.05) is 6.54 Å². The molecule has 1 rings (SSSR count). The van der Waals surface area contributed by atoms with E-state index in [9.17, 15) is 9.90 Å². The Labute approximate surface area is 95.5 Å². The molecule has 0 bridgehead atoms. The number of rotatable bonds is 5. The largest absolute Gasteiger partial charge is 0.389 e. The SMILES string of the molecule is CC(O)c1ccc(CNC(=O)CCN)cc1.